The summed E-state index contributed by atoms with van der Waals surface area (Å²) in [5.41, 5.74) is 0. The van der Waals surface area contributed by atoms with Crippen LogP contribution in [0.4, 0.5) is 35.1 Å². The van der Waals surface area contributed by atoms with Crippen molar-refractivity contribution in [2.24, 2.45) is 0 Å². The summed E-state index contributed by atoms with van der Waals surface area (Å²) in [5, 5.41) is 0. The Morgan fingerprint density at radius 3 is 0.576 bits per heavy atom. The molecule has 0 saturated carbocycles. The Bertz CT molecular complexity index is 1080. The van der Waals surface area contributed by atoms with E-state index < -0.39 is 61.6 Å². The van der Waals surface area contributed by atoms with Crippen LogP contribution in [-0.2, 0) is 0 Å². The fourth-order valence-electron chi connectivity index (χ4n) is 4.46. The van der Waals surface area contributed by atoms with Gasteiger partial charge in [0.15, 0.2) is 0 Å². The van der Waals surface area contributed by atoms with Crippen molar-refractivity contribution in [2.75, 3.05) is 0 Å². The van der Waals surface area contributed by atoms with Crippen molar-refractivity contribution in [2.45, 2.75) is 0 Å². The van der Waals surface area contributed by atoms with Gasteiger partial charge in [-0.25, -0.2) is 0 Å². The molecule has 0 amide bonds. The van der Waals surface area contributed by atoms with Crippen molar-refractivity contribution in [1.29, 1.82) is 0 Å². The molecule has 33 heavy (non-hydrogen) atoms. The second-order valence-electron chi connectivity index (χ2n) is 7.68. The number of rotatable bonds is 4. The van der Waals surface area contributed by atoms with Gasteiger partial charge in [0.2, 0.25) is 0 Å². The number of benzene rings is 4. The topological polar surface area (TPSA) is 0 Å². The van der Waals surface area contributed by atoms with Crippen LogP contribution in [0.5, 0.6) is 0 Å². The van der Waals surface area contributed by atoms with E-state index in [0.29, 0.717) is 24.3 Å². The first-order valence-electron chi connectivity index (χ1n) is 9.59. The van der Waals surface area contributed by atoms with Crippen molar-refractivity contribution >= 4 is 31.5 Å². The summed E-state index contributed by atoms with van der Waals surface area (Å²) in [6, 6.07) is 8.83. The molecule has 0 aliphatic heterocycles. The van der Waals surface area contributed by atoms with Gasteiger partial charge in [-0.15, -0.1) is 0 Å². The van der Waals surface area contributed by atoms with E-state index in [2.05, 4.69) is 0 Å². The van der Waals surface area contributed by atoms with Gasteiger partial charge in [-0.1, -0.05) is 0 Å². The number of halogens is 8. The van der Waals surface area contributed by atoms with Gasteiger partial charge >= 0.3 is 186 Å². The molecule has 0 aliphatic carbocycles. The van der Waals surface area contributed by atoms with Crippen LogP contribution < -0.4 is 16.5 Å². The minimum absolute atomic E-state index is 0.214. The molecule has 0 heterocycles. The Hall–Kier alpha value is -3.04. The summed E-state index contributed by atoms with van der Waals surface area (Å²) in [5.74, 6) is -8.70. The van der Waals surface area contributed by atoms with Gasteiger partial charge < -0.3 is 0 Å². The molecule has 0 nitrogen and oxygen atoms in total. The molecular weight excluding hydrogens is 510 g/mol. The molecule has 4 aromatic carbocycles. The average Bonchev–Trinajstić information content (AvgIpc) is 2.65. The second kappa shape index (κ2) is 8.72. The second-order valence-corrected chi connectivity index (χ2v) is 16.9. The SMILES string of the molecule is Fc1cc(F)c[c]([Ga-]([c]2cc(F)cc(F)c2)([c]2cc(F)cc(F)c2)[c]2cc(F)cc(F)c2)c1. The van der Waals surface area contributed by atoms with Crippen LogP contribution >= 0.6 is 0 Å². The van der Waals surface area contributed by atoms with Gasteiger partial charge in [0.05, 0.1) is 0 Å². The maximum absolute atomic E-state index is 14.3. The van der Waals surface area contributed by atoms with Gasteiger partial charge in [-0.3, -0.25) is 0 Å². The van der Waals surface area contributed by atoms with E-state index in [1.165, 1.54) is 0 Å². The normalized spacial score (nSPS) is 11.6. The number of hydrogen-bond donors (Lipinski definition) is 0. The van der Waals surface area contributed by atoms with Crippen LogP contribution in [0.25, 0.3) is 0 Å². The van der Waals surface area contributed by atoms with Crippen LogP contribution in [-0.4, -0.2) is 15.0 Å². The molecule has 4 rings (SSSR count). The van der Waals surface area contributed by atoms with Crippen LogP contribution in [0.3, 0.4) is 0 Å². The fraction of sp³-hybridized carbons (Fsp3) is 0. The Morgan fingerprint density at radius 2 is 0.424 bits per heavy atom. The van der Waals surface area contributed by atoms with Gasteiger partial charge in [0.1, 0.15) is 0 Å². The number of hydrogen-bond acceptors (Lipinski definition) is 0. The van der Waals surface area contributed by atoms with Gasteiger partial charge in [-0.05, 0) is 0 Å². The molecule has 4 aromatic rings. The van der Waals surface area contributed by atoms with E-state index in [4.69, 9.17) is 0 Å². The van der Waals surface area contributed by atoms with Crippen LogP contribution in [0.1, 0.15) is 0 Å². The predicted octanol–water partition coefficient (Wildman–Crippen LogP) is 4.18. The fourth-order valence-corrected chi connectivity index (χ4v) is 16.2. The van der Waals surface area contributed by atoms with Crippen molar-refractivity contribution in [3.63, 3.8) is 0 Å². The molecule has 0 aromatic heterocycles. The van der Waals surface area contributed by atoms with E-state index in [1.807, 2.05) is 0 Å². The van der Waals surface area contributed by atoms with Gasteiger partial charge in [-0.2, -0.15) is 0 Å². The molecule has 0 bridgehead atoms. The van der Waals surface area contributed by atoms with Gasteiger partial charge in [0.25, 0.3) is 0 Å². The summed E-state index contributed by atoms with van der Waals surface area (Å²) in [6.07, 6.45) is 0. The summed E-state index contributed by atoms with van der Waals surface area (Å²) < 4.78 is 114. The molecular formula is C24H12F8Ga-. The Kier molecular flexibility index (Phi) is 6.11. The molecule has 0 spiro atoms. The van der Waals surface area contributed by atoms with E-state index in [-0.39, 0.29) is 16.5 Å². The summed E-state index contributed by atoms with van der Waals surface area (Å²) >= 11 is -5.47. The van der Waals surface area contributed by atoms with Crippen molar-refractivity contribution < 1.29 is 35.1 Å². The molecule has 0 saturated heterocycles. The summed E-state index contributed by atoms with van der Waals surface area (Å²) in [7, 11) is 0. The quantitative estimate of drug-likeness (QED) is 0.279. The predicted molar refractivity (Wildman–Crippen MR) is 110 cm³/mol. The van der Waals surface area contributed by atoms with E-state index in [0.717, 1.165) is 48.5 Å². The Labute approximate surface area is 186 Å². The van der Waals surface area contributed by atoms with E-state index >= 15 is 0 Å². The first kappa shape index (κ1) is 23.1. The Morgan fingerprint density at radius 1 is 0.273 bits per heavy atom. The molecule has 0 radical (unpaired) electrons. The molecule has 0 N–H and O–H groups in total. The van der Waals surface area contributed by atoms with Crippen LogP contribution in [0.15, 0.2) is 72.8 Å². The molecule has 168 valence electrons. The van der Waals surface area contributed by atoms with E-state index in [1.54, 1.807) is 0 Å². The third kappa shape index (κ3) is 4.43. The third-order valence-electron chi connectivity index (χ3n) is 5.54. The molecule has 0 fully saturated rings. The molecule has 0 aliphatic rings. The minimum atomic E-state index is -5.47. The first-order valence-corrected chi connectivity index (χ1v) is 14.4. The first-order chi connectivity index (χ1) is 15.6. The van der Waals surface area contributed by atoms with Crippen LogP contribution in [0.2, 0.25) is 0 Å². The zero-order chi connectivity index (χ0) is 23.9. The standard InChI is InChI=1S/4C6H3F2.Ga/c4*7-5-2-1-3-6(8)4-5;/h4*2-4H;/q;;;;-1. The molecule has 0 atom stereocenters. The van der Waals surface area contributed by atoms with Gasteiger partial charge in [0, 0.05) is 0 Å². The average molecular weight is 522 g/mol. The maximum atomic E-state index is 14.3. The third-order valence-corrected chi connectivity index (χ3v) is 16.7. The van der Waals surface area contributed by atoms with Crippen molar-refractivity contribution in [3.05, 3.63) is 119 Å². The summed E-state index contributed by atoms with van der Waals surface area (Å²) in [6.45, 7) is 0. The van der Waals surface area contributed by atoms with E-state index in [9.17, 15) is 35.1 Å². The Balaban J connectivity index is 2.28. The zero-order valence-electron chi connectivity index (χ0n) is 16.5. The summed E-state index contributed by atoms with van der Waals surface area (Å²) in [4.78, 5) is 0. The molecule has 0 unspecified atom stereocenters. The van der Waals surface area contributed by atoms with Crippen LogP contribution in [0, 0.1) is 46.5 Å². The monoisotopic (exact) mass is 521 g/mol. The van der Waals surface area contributed by atoms with Crippen molar-refractivity contribution in [1.82, 2.24) is 0 Å². The van der Waals surface area contributed by atoms with Crippen molar-refractivity contribution in [3.8, 4) is 0 Å². The molecule has 9 heteroatoms. The zero-order valence-corrected chi connectivity index (χ0v) is 19.0.